The largest absolute Gasteiger partial charge is 0.433 e. The van der Waals surface area contributed by atoms with Gasteiger partial charge in [-0.05, 0) is 60.4 Å². The lowest BCUT2D eigenvalue weighted by Gasteiger charge is -2.39. The molecule has 0 radical (unpaired) electrons. The van der Waals surface area contributed by atoms with Gasteiger partial charge in [0.2, 0.25) is 5.91 Å². The SMILES string of the molecule is CC1(C)C[C@@H]2C[C@@](C)(CN2C(=O)CSc2nc(-c3ccc(F)cc3)cc(C(F)(F)F)n2)C1. The molecule has 1 aromatic heterocycles. The summed E-state index contributed by atoms with van der Waals surface area (Å²) in [7, 11) is 0. The molecule has 1 aliphatic heterocycles. The number of nitrogens with zero attached hydrogens (tertiary/aromatic N) is 3. The van der Waals surface area contributed by atoms with Crippen LogP contribution in [0.2, 0.25) is 0 Å². The molecule has 1 aliphatic carbocycles. The second kappa shape index (κ2) is 8.01. The number of benzene rings is 1. The summed E-state index contributed by atoms with van der Waals surface area (Å²) in [5, 5.41) is -0.124. The van der Waals surface area contributed by atoms with E-state index in [2.05, 4.69) is 30.7 Å². The molecule has 1 amide bonds. The number of halogens is 4. The van der Waals surface area contributed by atoms with Gasteiger partial charge in [-0.15, -0.1) is 0 Å². The fraction of sp³-hybridized carbons (Fsp3) is 0.522. The number of carbonyl (C=O) groups excluding carboxylic acids is 1. The first-order valence-electron chi connectivity index (χ1n) is 10.5. The number of rotatable bonds is 4. The molecule has 2 aromatic rings. The van der Waals surface area contributed by atoms with Crippen LogP contribution in [0.25, 0.3) is 11.3 Å². The van der Waals surface area contributed by atoms with Crippen LogP contribution in [0.3, 0.4) is 0 Å². The summed E-state index contributed by atoms with van der Waals surface area (Å²) in [4.78, 5) is 22.7. The quantitative estimate of drug-likeness (QED) is 0.323. The van der Waals surface area contributed by atoms with Crippen molar-refractivity contribution in [3.05, 3.63) is 41.8 Å². The van der Waals surface area contributed by atoms with Gasteiger partial charge in [-0.3, -0.25) is 4.79 Å². The molecule has 4 nitrogen and oxygen atoms in total. The fourth-order valence-corrected chi connectivity index (χ4v) is 6.11. The molecule has 1 aromatic carbocycles. The Hall–Kier alpha value is -2.16. The van der Waals surface area contributed by atoms with E-state index in [1.165, 1.54) is 12.1 Å². The molecule has 1 saturated heterocycles. The number of fused-ring (bicyclic) bond motifs is 2. The van der Waals surface area contributed by atoms with Crippen molar-refractivity contribution in [2.24, 2.45) is 10.8 Å². The number of amides is 1. The van der Waals surface area contributed by atoms with E-state index in [0.717, 1.165) is 49.2 Å². The Labute approximate surface area is 188 Å². The normalized spacial score (nSPS) is 24.6. The summed E-state index contributed by atoms with van der Waals surface area (Å²) < 4.78 is 53.4. The summed E-state index contributed by atoms with van der Waals surface area (Å²) in [6, 6.07) is 6.05. The van der Waals surface area contributed by atoms with Crippen molar-refractivity contribution in [2.45, 2.75) is 57.4 Å². The highest BCUT2D eigenvalue weighted by Crippen LogP contribution is 2.52. The lowest BCUT2D eigenvalue weighted by atomic mass is 9.65. The topological polar surface area (TPSA) is 46.1 Å². The summed E-state index contributed by atoms with van der Waals surface area (Å²) in [6.45, 7) is 7.30. The average Bonchev–Trinajstić information content (AvgIpc) is 2.94. The van der Waals surface area contributed by atoms with E-state index in [4.69, 9.17) is 0 Å². The molecule has 1 saturated carbocycles. The Bertz CT molecular complexity index is 1020. The number of alkyl halides is 3. The van der Waals surface area contributed by atoms with Crippen LogP contribution in [0.1, 0.15) is 45.7 Å². The van der Waals surface area contributed by atoms with E-state index < -0.39 is 17.7 Å². The highest BCUT2D eigenvalue weighted by atomic mass is 32.2. The zero-order valence-corrected chi connectivity index (χ0v) is 19.0. The maximum atomic E-state index is 13.4. The van der Waals surface area contributed by atoms with Gasteiger partial charge in [0.1, 0.15) is 11.5 Å². The smallest absolute Gasteiger partial charge is 0.338 e. The molecule has 2 fully saturated rings. The first-order valence-corrected chi connectivity index (χ1v) is 11.5. The standard InChI is InChI=1S/C23H25F4N3OS/c1-21(2)9-16-10-22(3,12-21)13-30(16)19(31)11-32-20-28-17(8-18(29-20)23(25,26)27)14-4-6-15(24)7-5-14/h4-8,16H,9-13H2,1-3H3/t16-,22-/m1/s1. The van der Waals surface area contributed by atoms with Crippen molar-refractivity contribution in [2.75, 3.05) is 12.3 Å². The number of hydrogen-bond donors (Lipinski definition) is 0. The molecule has 2 aliphatic rings. The van der Waals surface area contributed by atoms with E-state index in [-0.39, 0.29) is 39.4 Å². The van der Waals surface area contributed by atoms with Crippen molar-refractivity contribution >= 4 is 17.7 Å². The highest BCUT2D eigenvalue weighted by molar-refractivity contribution is 7.99. The number of thioether (sulfide) groups is 1. The summed E-state index contributed by atoms with van der Waals surface area (Å²) >= 11 is 0.903. The molecule has 0 unspecified atom stereocenters. The molecule has 9 heteroatoms. The summed E-state index contributed by atoms with van der Waals surface area (Å²) in [6.07, 6.45) is -1.73. The Morgan fingerprint density at radius 2 is 1.84 bits per heavy atom. The van der Waals surface area contributed by atoms with Gasteiger partial charge in [-0.25, -0.2) is 14.4 Å². The van der Waals surface area contributed by atoms with E-state index in [1.54, 1.807) is 0 Å². The highest BCUT2D eigenvalue weighted by Gasteiger charge is 2.50. The first kappa shape index (κ1) is 23.0. The lowest BCUT2D eigenvalue weighted by Crippen LogP contribution is -2.38. The Morgan fingerprint density at radius 1 is 1.16 bits per heavy atom. The van der Waals surface area contributed by atoms with Crippen molar-refractivity contribution in [3.8, 4) is 11.3 Å². The monoisotopic (exact) mass is 467 g/mol. The minimum absolute atomic E-state index is 0.0306. The number of hydrogen-bond acceptors (Lipinski definition) is 4. The van der Waals surface area contributed by atoms with Gasteiger partial charge in [0.25, 0.3) is 0 Å². The zero-order valence-electron chi connectivity index (χ0n) is 18.2. The zero-order chi connectivity index (χ0) is 23.3. The molecular weight excluding hydrogens is 442 g/mol. The van der Waals surface area contributed by atoms with Gasteiger partial charge in [0.05, 0.1) is 11.4 Å². The van der Waals surface area contributed by atoms with E-state index in [0.29, 0.717) is 12.1 Å². The predicted octanol–water partition coefficient (Wildman–Crippen LogP) is 5.82. The Balaban J connectivity index is 1.53. The van der Waals surface area contributed by atoms with Crippen LogP contribution in [-0.2, 0) is 11.0 Å². The third-order valence-corrected chi connectivity index (χ3v) is 7.03. The molecule has 2 bridgehead atoms. The van der Waals surface area contributed by atoms with Gasteiger partial charge >= 0.3 is 6.18 Å². The summed E-state index contributed by atoms with van der Waals surface area (Å²) in [5.74, 6) is -0.630. The minimum atomic E-state index is -4.66. The lowest BCUT2D eigenvalue weighted by molar-refractivity contribution is -0.141. The summed E-state index contributed by atoms with van der Waals surface area (Å²) in [5.41, 5.74) is -0.471. The van der Waals surface area contributed by atoms with Gasteiger partial charge in [0, 0.05) is 18.2 Å². The van der Waals surface area contributed by atoms with Gasteiger partial charge in [-0.2, -0.15) is 13.2 Å². The van der Waals surface area contributed by atoms with E-state index in [1.807, 2.05) is 4.90 Å². The third-order valence-electron chi connectivity index (χ3n) is 6.20. The van der Waals surface area contributed by atoms with Crippen molar-refractivity contribution < 1.29 is 22.4 Å². The minimum Gasteiger partial charge on any atom is -0.338 e. The molecule has 4 rings (SSSR count). The Morgan fingerprint density at radius 3 is 2.50 bits per heavy atom. The molecule has 0 N–H and O–H groups in total. The number of carbonyl (C=O) groups is 1. The van der Waals surface area contributed by atoms with Crippen LogP contribution < -0.4 is 0 Å². The molecule has 0 spiro atoms. The van der Waals surface area contributed by atoms with Crippen LogP contribution in [0.5, 0.6) is 0 Å². The van der Waals surface area contributed by atoms with Crippen LogP contribution >= 0.6 is 11.8 Å². The average molecular weight is 468 g/mol. The van der Waals surface area contributed by atoms with Gasteiger partial charge < -0.3 is 4.90 Å². The van der Waals surface area contributed by atoms with Crippen LogP contribution in [0.4, 0.5) is 17.6 Å². The fourth-order valence-electron chi connectivity index (χ4n) is 5.36. The predicted molar refractivity (Wildman–Crippen MR) is 114 cm³/mol. The van der Waals surface area contributed by atoms with E-state index >= 15 is 0 Å². The number of aromatic nitrogens is 2. The second-order valence-corrected chi connectivity index (χ2v) is 10.9. The van der Waals surface area contributed by atoms with Crippen molar-refractivity contribution in [1.82, 2.24) is 14.9 Å². The van der Waals surface area contributed by atoms with E-state index in [9.17, 15) is 22.4 Å². The van der Waals surface area contributed by atoms with Crippen molar-refractivity contribution in [1.29, 1.82) is 0 Å². The third kappa shape index (κ3) is 4.92. The Kier molecular flexibility index (Phi) is 5.76. The van der Waals surface area contributed by atoms with Gasteiger partial charge in [-0.1, -0.05) is 32.5 Å². The first-order chi connectivity index (χ1) is 14.8. The molecule has 32 heavy (non-hydrogen) atoms. The van der Waals surface area contributed by atoms with Gasteiger partial charge in [0.15, 0.2) is 5.16 Å². The van der Waals surface area contributed by atoms with Crippen molar-refractivity contribution in [3.63, 3.8) is 0 Å². The maximum Gasteiger partial charge on any atom is 0.433 e. The molecule has 2 atom stereocenters. The van der Waals surface area contributed by atoms with Crippen LogP contribution in [-0.4, -0.2) is 39.1 Å². The van der Waals surface area contributed by atoms with Crippen LogP contribution in [0, 0.1) is 16.6 Å². The molecule has 2 heterocycles. The maximum absolute atomic E-state index is 13.4. The molecular formula is C23H25F4N3OS. The molecule has 172 valence electrons. The van der Waals surface area contributed by atoms with Crippen LogP contribution in [0.15, 0.2) is 35.5 Å². The second-order valence-electron chi connectivity index (χ2n) is 9.95. The number of likely N-dealkylation sites (tertiary alicyclic amines) is 1.